The average molecular weight is 294 g/mol. The molecule has 2 atom stereocenters. The molecule has 1 aliphatic heterocycles. The molecular formula is C16H26N2OS. The van der Waals surface area contributed by atoms with Gasteiger partial charge in [0.15, 0.2) is 0 Å². The molecule has 2 N–H and O–H groups in total. The van der Waals surface area contributed by atoms with Crippen LogP contribution in [0.3, 0.4) is 0 Å². The standard InChI is InChI=1S/C16H26N2OS/c1-4-6-14-13(5-2)8-15(20-14)16(19)18-10-12(9-17)7-11(18)3/h8,11-12H,4-7,9-10,17H2,1-3H3. The first kappa shape index (κ1) is 15.5. The second-order valence-corrected chi connectivity index (χ2v) is 6.94. The Morgan fingerprint density at radius 1 is 1.50 bits per heavy atom. The van der Waals surface area contributed by atoms with Gasteiger partial charge in [-0.2, -0.15) is 0 Å². The third-order valence-electron chi connectivity index (χ3n) is 4.22. The first-order valence-electron chi connectivity index (χ1n) is 7.73. The molecule has 0 spiro atoms. The van der Waals surface area contributed by atoms with Gasteiger partial charge in [-0.15, -0.1) is 11.3 Å². The molecule has 0 bridgehead atoms. The van der Waals surface area contributed by atoms with Crippen molar-refractivity contribution >= 4 is 17.2 Å². The summed E-state index contributed by atoms with van der Waals surface area (Å²) in [7, 11) is 0. The zero-order valence-electron chi connectivity index (χ0n) is 12.8. The molecule has 112 valence electrons. The van der Waals surface area contributed by atoms with E-state index in [0.29, 0.717) is 18.5 Å². The van der Waals surface area contributed by atoms with Gasteiger partial charge in [0, 0.05) is 17.5 Å². The Morgan fingerprint density at radius 2 is 2.25 bits per heavy atom. The number of carbonyl (C=O) groups is 1. The first-order valence-corrected chi connectivity index (χ1v) is 8.54. The van der Waals surface area contributed by atoms with Crippen LogP contribution < -0.4 is 5.73 Å². The van der Waals surface area contributed by atoms with Crippen molar-refractivity contribution in [2.45, 2.75) is 52.5 Å². The number of carbonyl (C=O) groups excluding carboxylic acids is 1. The molecule has 0 radical (unpaired) electrons. The summed E-state index contributed by atoms with van der Waals surface area (Å²) in [5, 5.41) is 0. The number of rotatable bonds is 5. The summed E-state index contributed by atoms with van der Waals surface area (Å²) in [6, 6.07) is 2.43. The van der Waals surface area contributed by atoms with Crippen LogP contribution in [-0.2, 0) is 12.8 Å². The maximum atomic E-state index is 12.7. The van der Waals surface area contributed by atoms with Crippen LogP contribution in [-0.4, -0.2) is 29.9 Å². The lowest BCUT2D eigenvalue weighted by Crippen LogP contribution is -2.33. The molecule has 4 heteroatoms. The Hall–Kier alpha value is -0.870. The molecule has 2 rings (SSSR count). The Kier molecular flexibility index (Phi) is 5.22. The van der Waals surface area contributed by atoms with Gasteiger partial charge in [-0.25, -0.2) is 0 Å². The zero-order chi connectivity index (χ0) is 14.7. The van der Waals surface area contributed by atoms with Crippen LogP contribution in [0.15, 0.2) is 6.07 Å². The lowest BCUT2D eigenvalue weighted by atomic mass is 10.1. The first-order chi connectivity index (χ1) is 9.60. The SMILES string of the molecule is CCCc1sc(C(=O)N2CC(CN)CC2C)cc1CC. The normalized spacial score (nSPS) is 22.5. The fourth-order valence-corrected chi connectivity index (χ4v) is 4.36. The van der Waals surface area contributed by atoms with E-state index in [9.17, 15) is 4.79 Å². The van der Waals surface area contributed by atoms with Gasteiger partial charge in [0.2, 0.25) is 0 Å². The van der Waals surface area contributed by atoms with E-state index < -0.39 is 0 Å². The maximum Gasteiger partial charge on any atom is 0.264 e. The molecule has 0 aliphatic carbocycles. The topological polar surface area (TPSA) is 46.3 Å². The van der Waals surface area contributed by atoms with E-state index in [1.54, 1.807) is 11.3 Å². The largest absolute Gasteiger partial charge is 0.335 e. The summed E-state index contributed by atoms with van der Waals surface area (Å²) in [6.45, 7) is 7.99. The van der Waals surface area contributed by atoms with Crippen LogP contribution in [0.25, 0.3) is 0 Å². The molecule has 1 aromatic rings. The van der Waals surface area contributed by atoms with Crippen LogP contribution >= 0.6 is 11.3 Å². The number of nitrogens with two attached hydrogens (primary N) is 1. The van der Waals surface area contributed by atoms with Crippen LogP contribution in [0.4, 0.5) is 0 Å². The highest BCUT2D eigenvalue weighted by Gasteiger charge is 2.32. The molecule has 1 aliphatic rings. The highest BCUT2D eigenvalue weighted by atomic mass is 32.1. The van der Waals surface area contributed by atoms with Crippen LogP contribution in [0.1, 0.15) is 53.7 Å². The third kappa shape index (κ3) is 3.07. The van der Waals surface area contributed by atoms with Crippen molar-refractivity contribution < 1.29 is 4.79 Å². The van der Waals surface area contributed by atoms with Crippen LogP contribution in [0.2, 0.25) is 0 Å². The minimum absolute atomic E-state index is 0.204. The molecule has 3 nitrogen and oxygen atoms in total. The van der Waals surface area contributed by atoms with E-state index in [1.807, 2.05) is 4.90 Å². The number of aryl methyl sites for hydroxylation is 2. The van der Waals surface area contributed by atoms with Gasteiger partial charge in [0.25, 0.3) is 5.91 Å². The van der Waals surface area contributed by atoms with Crippen molar-refractivity contribution in [3.05, 3.63) is 21.4 Å². The quantitative estimate of drug-likeness (QED) is 0.907. The summed E-state index contributed by atoms with van der Waals surface area (Å²) in [5.41, 5.74) is 7.10. The van der Waals surface area contributed by atoms with Gasteiger partial charge in [0.1, 0.15) is 0 Å². The second-order valence-electron chi connectivity index (χ2n) is 5.81. The number of hydrogen-bond acceptors (Lipinski definition) is 3. The van der Waals surface area contributed by atoms with Crippen molar-refractivity contribution in [3.63, 3.8) is 0 Å². The van der Waals surface area contributed by atoms with Crippen molar-refractivity contribution in [2.24, 2.45) is 11.7 Å². The fraction of sp³-hybridized carbons (Fsp3) is 0.688. The summed E-state index contributed by atoms with van der Waals surface area (Å²) in [6.07, 6.45) is 4.27. The number of thiophene rings is 1. The molecule has 0 aromatic carbocycles. The van der Waals surface area contributed by atoms with Crippen molar-refractivity contribution in [2.75, 3.05) is 13.1 Å². The molecule has 1 saturated heterocycles. The lowest BCUT2D eigenvalue weighted by Gasteiger charge is -2.20. The molecule has 20 heavy (non-hydrogen) atoms. The van der Waals surface area contributed by atoms with E-state index in [2.05, 4.69) is 26.8 Å². The summed E-state index contributed by atoms with van der Waals surface area (Å²) < 4.78 is 0. The molecule has 2 unspecified atom stereocenters. The molecule has 2 heterocycles. The molecule has 1 aromatic heterocycles. The Bertz CT molecular complexity index is 469. The van der Waals surface area contributed by atoms with Gasteiger partial charge >= 0.3 is 0 Å². The van der Waals surface area contributed by atoms with E-state index in [-0.39, 0.29) is 5.91 Å². The van der Waals surface area contributed by atoms with Gasteiger partial charge < -0.3 is 10.6 Å². The average Bonchev–Trinajstić information content (AvgIpc) is 3.02. The van der Waals surface area contributed by atoms with Gasteiger partial charge in [-0.05, 0) is 50.3 Å². The minimum atomic E-state index is 0.204. The second kappa shape index (κ2) is 6.72. The van der Waals surface area contributed by atoms with Crippen molar-refractivity contribution in [3.8, 4) is 0 Å². The highest BCUT2D eigenvalue weighted by molar-refractivity contribution is 7.14. The molecule has 0 saturated carbocycles. The van der Waals surface area contributed by atoms with E-state index in [0.717, 1.165) is 37.1 Å². The number of nitrogens with zero attached hydrogens (tertiary/aromatic N) is 1. The Balaban J connectivity index is 2.17. The summed E-state index contributed by atoms with van der Waals surface area (Å²) >= 11 is 1.69. The number of hydrogen-bond donors (Lipinski definition) is 1. The van der Waals surface area contributed by atoms with Gasteiger partial charge in [-0.1, -0.05) is 20.3 Å². The number of likely N-dealkylation sites (tertiary alicyclic amines) is 1. The highest BCUT2D eigenvalue weighted by Crippen LogP contribution is 2.29. The van der Waals surface area contributed by atoms with Crippen LogP contribution in [0.5, 0.6) is 0 Å². The minimum Gasteiger partial charge on any atom is -0.335 e. The molecule has 1 amide bonds. The van der Waals surface area contributed by atoms with Crippen LogP contribution in [0, 0.1) is 5.92 Å². The van der Waals surface area contributed by atoms with Crippen molar-refractivity contribution in [1.29, 1.82) is 0 Å². The Morgan fingerprint density at radius 3 is 2.80 bits per heavy atom. The monoisotopic (exact) mass is 294 g/mol. The lowest BCUT2D eigenvalue weighted by molar-refractivity contribution is 0.0748. The van der Waals surface area contributed by atoms with Gasteiger partial charge in [-0.3, -0.25) is 4.79 Å². The van der Waals surface area contributed by atoms with E-state index in [4.69, 9.17) is 5.73 Å². The zero-order valence-corrected chi connectivity index (χ0v) is 13.6. The van der Waals surface area contributed by atoms with Crippen molar-refractivity contribution in [1.82, 2.24) is 4.90 Å². The predicted molar refractivity (Wildman–Crippen MR) is 85.4 cm³/mol. The smallest absolute Gasteiger partial charge is 0.264 e. The summed E-state index contributed by atoms with van der Waals surface area (Å²) in [5.74, 6) is 0.671. The van der Waals surface area contributed by atoms with Gasteiger partial charge in [0.05, 0.1) is 4.88 Å². The summed E-state index contributed by atoms with van der Waals surface area (Å²) in [4.78, 5) is 17.0. The van der Waals surface area contributed by atoms with E-state index >= 15 is 0 Å². The molecule has 1 fully saturated rings. The predicted octanol–water partition coefficient (Wildman–Crippen LogP) is 3.07. The maximum absolute atomic E-state index is 12.7. The van der Waals surface area contributed by atoms with E-state index in [1.165, 1.54) is 10.4 Å². The number of amides is 1. The Labute approximate surface area is 126 Å². The fourth-order valence-electron chi connectivity index (χ4n) is 3.05. The molecular weight excluding hydrogens is 268 g/mol. The third-order valence-corrected chi connectivity index (χ3v) is 5.45.